The maximum absolute atomic E-state index is 14.0. The minimum Gasteiger partial charge on any atom is -0.373 e. The van der Waals surface area contributed by atoms with Gasteiger partial charge in [-0.05, 0) is 13.8 Å². The molecule has 2 atom stereocenters. The van der Waals surface area contributed by atoms with Crippen LogP contribution >= 0.6 is 0 Å². The van der Waals surface area contributed by atoms with Crippen LogP contribution in [0.3, 0.4) is 0 Å². The number of carbonyl (C=O) groups is 1. The Morgan fingerprint density at radius 1 is 1.26 bits per heavy atom. The van der Waals surface area contributed by atoms with Gasteiger partial charge in [0.25, 0.3) is 5.91 Å². The summed E-state index contributed by atoms with van der Waals surface area (Å²) < 4.78 is 67.4. The molecule has 11 heteroatoms. The van der Waals surface area contributed by atoms with Crippen molar-refractivity contribution < 1.29 is 31.9 Å². The summed E-state index contributed by atoms with van der Waals surface area (Å²) in [5.74, 6) is -3.21. The van der Waals surface area contributed by atoms with Gasteiger partial charge in [0, 0.05) is 12.6 Å². The summed E-state index contributed by atoms with van der Waals surface area (Å²) in [6.07, 6.45) is -3.03. The zero-order valence-electron chi connectivity index (χ0n) is 14.3. The van der Waals surface area contributed by atoms with Gasteiger partial charge < -0.3 is 14.6 Å². The van der Waals surface area contributed by atoms with Crippen molar-refractivity contribution >= 4 is 5.91 Å². The lowest BCUT2D eigenvalue weighted by molar-refractivity contribution is -0.251. The number of rotatable bonds is 2. The molecule has 1 unspecified atom stereocenters. The van der Waals surface area contributed by atoms with E-state index in [1.54, 1.807) is 6.92 Å². The van der Waals surface area contributed by atoms with E-state index in [1.165, 1.54) is 10.8 Å². The number of aliphatic hydroxyl groups is 1. The summed E-state index contributed by atoms with van der Waals surface area (Å²) in [6, 6.07) is 0.0684. The van der Waals surface area contributed by atoms with Gasteiger partial charge in [0.05, 0.1) is 30.7 Å². The minimum absolute atomic E-state index is 0.0738. The second-order valence-corrected chi connectivity index (χ2v) is 6.53. The molecule has 0 fully saturated rings. The van der Waals surface area contributed by atoms with Crippen LogP contribution in [0, 0.1) is 11.6 Å². The molecule has 2 aromatic heterocycles. The van der Waals surface area contributed by atoms with Crippen LogP contribution in [-0.2, 0) is 11.3 Å². The molecular formula is C16H15F5N4O2. The van der Waals surface area contributed by atoms with Crippen LogP contribution in [0.15, 0.2) is 18.5 Å². The topological polar surface area (TPSA) is 71.2 Å². The fourth-order valence-electron chi connectivity index (χ4n) is 3.00. The second-order valence-electron chi connectivity index (χ2n) is 6.53. The van der Waals surface area contributed by atoms with E-state index in [0.29, 0.717) is 18.7 Å². The van der Waals surface area contributed by atoms with Crippen molar-refractivity contribution in [3.8, 4) is 11.5 Å². The Morgan fingerprint density at radius 2 is 1.93 bits per heavy atom. The van der Waals surface area contributed by atoms with Crippen LogP contribution in [0.5, 0.6) is 0 Å². The van der Waals surface area contributed by atoms with Crippen LogP contribution < -0.4 is 0 Å². The average Bonchev–Trinajstić information content (AvgIpc) is 2.97. The fraction of sp³-hybridized carbons (Fsp3) is 0.438. The van der Waals surface area contributed by atoms with Gasteiger partial charge in [-0.3, -0.25) is 4.79 Å². The Balaban J connectivity index is 1.95. The molecule has 0 saturated heterocycles. The number of amides is 1. The first-order chi connectivity index (χ1) is 12.4. The van der Waals surface area contributed by atoms with Gasteiger partial charge in [0.1, 0.15) is 11.5 Å². The molecule has 27 heavy (non-hydrogen) atoms. The maximum atomic E-state index is 14.0. The number of alkyl halides is 3. The van der Waals surface area contributed by atoms with Crippen LogP contribution in [0.25, 0.3) is 11.5 Å². The predicted molar refractivity (Wildman–Crippen MR) is 82.2 cm³/mol. The molecule has 0 aromatic carbocycles. The number of fused-ring (bicyclic) bond motifs is 1. The molecule has 1 N–H and O–H groups in total. The summed E-state index contributed by atoms with van der Waals surface area (Å²) in [6.45, 7) is 1.57. The van der Waals surface area contributed by atoms with E-state index in [4.69, 9.17) is 0 Å². The van der Waals surface area contributed by atoms with Crippen molar-refractivity contribution in [1.82, 2.24) is 19.4 Å². The van der Waals surface area contributed by atoms with Gasteiger partial charge in [0.2, 0.25) is 5.60 Å². The SMILES string of the molecule is C[C@H]1CN(C(=O)C(C)(O)C(F)(F)F)Cc2cnc(-c3ncc(F)cc3F)n21. The van der Waals surface area contributed by atoms with Gasteiger partial charge in [-0.15, -0.1) is 0 Å². The summed E-state index contributed by atoms with van der Waals surface area (Å²) in [4.78, 5) is 20.8. The number of pyridine rings is 1. The van der Waals surface area contributed by atoms with Gasteiger partial charge in [-0.2, -0.15) is 13.2 Å². The fourth-order valence-corrected chi connectivity index (χ4v) is 3.00. The van der Waals surface area contributed by atoms with Gasteiger partial charge >= 0.3 is 6.18 Å². The van der Waals surface area contributed by atoms with Crippen molar-refractivity contribution in [2.75, 3.05) is 6.54 Å². The molecule has 1 aliphatic heterocycles. The number of hydrogen-bond donors (Lipinski definition) is 1. The van der Waals surface area contributed by atoms with E-state index in [2.05, 4.69) is 9.97 Å². The third-order valence-corrected chi connectivity index (χ3v) is 4.43. The first kappa shape index (κ1) is 19.2. The molecule has 3 rings (SSSR count). The lowest BCUT2D eigenvalue weighted by Gasteiger charge is -2.37. The van der Waals surface area contributed by atoms with Crippen molar-refractivity contribution in [2.24, 2.45) is 0 Å². The van der Waals surface area contributed by atoms with Crippen LogP contribution in [0.4, 0.5) is 22.0 Å². The number of carbonyl (C=O) groups excluding carboxylic acids is 1. The van der Waals surface area contributed by atoms with E-state index in [9.17, 15) is 31.9 Å². The molecule has 2 aromatic rings. The molecule has 0 radical (unpaired) electrons. The van der Waals surface area contributed by atoms with Crippen LogP contribution in [0.1, 0.15) is 25.6 Å². The van der Waals surface area contributed by atoms with Gasteiger partial charge in [0.15, 0.2) is 11.6 Å². The van der Waals surface area contributed by atoms with E-state index in [1.807, 2.05) is 0 Å². The largest absolute Gasteiger partial charge is 0.426 e. The number of nitrogens with zero attached hydrogens (tertiary/aromatic N) is 4. The summed E-state index contributed by atoms with van der Waals surface area (Å²) in [5, 5.41) is 9.62. The average molecular weight is 390 g/mol. The number of halogens is 5. The highest BCUT2D eigenvalue weighted by molar-refractivity contribution is 5.85. The van der Waals surface area contributed by atoms with Crippen molar-refractivity contribution in [3.63, 3.8) is 0 Å². The maximum Gasteiger partial charge on any atom is 0.426 e. The Kier molecular flexibility index (Phi) is 4.45. The molecule has 1 aliphatic rings. The highest BCUT2D eigenvalue weighted by Crippen LogP contribution is 2.35. The predicted octanol–water partition coefficient (Wildman–Crippen LogP) is 2.44. The molecule has 0 spiro atoms. The third-order valence-electron chi connectivity index (χ3n) is 4.43. The van der Waals surface area contributed by atoms with E-state index >= 15 is 0 Å². The molecular weight excluding hydrogens is 375 g/mol. The number of aromatic nitrogens is 3. The number of imidazole rings is 1. The molecule has 146 valence electrons. The van der Waals surface area contributed by atoms with Gasteiger partial charge in [-0.25, -0.2) is 18.7 Å². The zero-order valence-corrected chi connectivity index (χ0v) is 14.3. The first-order valence-corrected chi connectivity index (χ1v) is 7.89. The Labute approximate surface area is 150 Å². The summed E-state index contributed by atoms with van der Waals surface area (Å²) in [7, 11) is 0. The van der Waals surface area contributed by atoms with E-state index in [0.717, 1.165) is 11.1 Å². The standard InChI is InChI=1S/C16H15F5N4O2/c1-8-6-24(14(26)15(2,27)16(19,20)21)7-10-5-23-13(25(8)10)12-11(18)3-9(17)4-22-12/h3-5,8,27H,6-7H2,1-2H3/t8-,15?/m0/s1. The smallest absolute Gasteiger partial charge is 0.373 e. The first-order valence-electron chi connectivity index (χ1n) is 7.89. The highest BCUT2D eigenvalue weighted by atomic mass is 19.4. The molecule has 0 bridgehead atoms. The van der Waals surface area contributed by atoms with Crippen molar-refractivity contribution in [2.45, 2.75) is 38.2 Å². The monoisotopic (exact) mass is 390 g/mol. The van der Waals surface area contributed by atoms with E-state index < -0.39 is 35.4 Å². The van der Waals surface area contributed by atoms with Gasteiger partial charge in [-0.1, -0.05) is 0 Å². The quantitative estimate of drug-likeness (QED) is 0.800. The lowest BCUT2D eigenvalue weighted by Crippen LogP contribution is -2.57. The van der Waals surface area contributed by atoms with Crippen LogP contribution in [-0.4, -0.2) is 48.8 Å². The third kappa shape index (κ3) is 3.15. The van der Waals surface area contributed by atoms with E-state index in [-0.39, 0.29) is 24.6 Å². The van der Waals surface area contributed by atoms with Crippen LogP contribution in [0.2, 0.25) is 0 Å². The normalized spacial score (nSPS) is 19.6. The Morgan fingerprint density at radius 3 is 2.52 bits per heavy atom. The molecule has 0 aliphatic carbocycles. The molecule has 3 heterocycles. The van der Waals surface area contributed by atoms with Crippen molar-refractivity contribution in [1.29, 1.82) is 0 Å². The second kappa shape index (κ2) is 6.25. The number of hydrogen-bond acceptors (Lipinski definition) is 4. The Hall–Kier alpha value is -2.56. The highest BCUT2D eigenvalue weighted by Gasteiger charge is 2.57. The summed E-state index contributed by atoms with van der Waals surface area (Å²) >= 11 is 0. The summed E-state index contributed by atoms with van der Waals surface area (Å²) in [5.41, 5.74) is -3.40. The lowest BCUT2D eigenvalue weighted by atomic mass is 10.0. The Bertz CT molecular complexity index is 893. The minimum atomic E-state index is -5.13. The molecule has 0 saturated carbocycles. The van der Waals surface area contributed by atoms with Crippen molar-refractivity contribution in [3.05, 3.63) is 35.8 Å². The molecule has 6 nitrogen and oxygen atoms in total. The zero-order chi connectivity index (χ0) is 20.1. The molecule has 1 amide bonds.